The summed E-state index contributed by atoms with van der Waals surface area (Å²) in [4.78, 5) is 0. The first-order valence-electron chi connectivity index (χ1n) is 6.09. The topological polar surface area (TPSA) is 20.2 Å². The minimum Gasteiger partial charge on any atom is -0.396 e. The summed E-state index contributed by atoms with van der Waals surface area (Å²) in [7, 11) is 0. The SMILES string of the molecule is CC(CCO)SCCCCc1ccccc1. The highest BCUT2D eigenvalue weighted by molar-refractivity contribution is 7.99. The molecule has 2 heteroatoms. The van der Waals surface area contributed by atoms with Crippen molar-refractivity contribution >= 4 is 11.8 Å². The number of hydrogen-bond donors (Lipinski definition) is 1. The van der Waals surface area contributed by atoms with Crippen molar-refractivity contribution in [2.24, 2.45) is 0 Å². The standard InChI is InChI=1S/C14H22OS/c1-13(10-11-15)16-12-6-5-9-14-7-3-2-4-8-14/h2-4,7-8,13,15H,5-6,9-12H2,1H3. The maximum Gasteiger partial charge on any atom is 0.0441 e. The van der Waals surface area contributed by atoms with E-state index in [9.17, 15) is 0 Å². The minimum atomic E-state index is 0.318. The van der Waals surface area contributed by atoms with Gasteiger partial charge in [-0.25, -0.2) is 0 Å². The number of aliphatic hydroxyl groups is 1. The molecular weight excluding hydrogens is 216 g/mol. The summed E-state index contributed by atoms with van der Waals surface area (Å²) in [5.41, 5.74) is 1.44. The van der Waals surface area contributed by atoms with Crippen molar-refractivity contribution in [1.82, 2.24) is 0 Å². The van der Waals surface area contributed by atoms with Crippen LogP contribution in [0.3, 0.4) is 0 Å². The van der Waals surface area contributed by atoms with Crippen molar-refractivity contribution in [2.45, 2.75) is 37.9 Å². The van der Waals surface area contributed by atoms with E-state index in [4.69, 9.17) is 5.11 Å². The van der Waals surface area contributed by atoms with Crippen molar-refractivity contribution in [3.05, 3.63) is 35.9 Å². The number of aryl methyl sites for hydroxylation is 1. The van der Waals surface area contributed by atoms with Gasteiger partial charge < -0.3 is 5.11 Å². The molecule has 1 N–H and O–H groups in total. The summed E-state index contributed by atoms with van der Waals surface area (Å²) in [5, 5.41) is 9.37. The lowest BCUT2D eigenvalue weighted by Gasteiger charge is -2.08. The summed E-state index contributed by atoms with van der Waals surface area (Å²) < 4.78 is 0. The van der Waals surface area contributed by atoms with Crippen LogP contribution in [-0.4, -0.2) is 22.7 Å². The first-order valence-corrected chi connectivity index (χ1v) is 7.14. The third kappa shape index (κ3) is 6.19. The molecule has 16 heavy (non-hydrogen) atoms. The Bertz CT molecular complexity index is 261. The normalized spacial score (nSPS) is 12.6. The average Bonchev–Trinajstić information content (AvgIpc) is 2.30. The van der Waals surface area contributed by atoms with Gasteiger partial charge in [0.15, 0.2) is 0 Å². The van der Waals surface area contributed by atoms with Gasteiger partial charge in [0.1, 0.15) is 0 Å². The zero-order valence-corrected chi connectivity index (χ0v) is 10.9. The molecule has 1 atom stereocenters. The third-order valence-corrected chi connectivity index (χ3v) is 3.97. The van der Waals surface area contributed by atoms with E-state index in [0.717, 1.165) is 6.42 Å². The van der Waals surface area contributed by atoms with Crippen LogP contribution in [0.4, 0.5) is 0 Å². The van der Waals surface area contributed by atoms with Gasteiger partial charge in [-0.05, 0) is 37.0 Å². The van der Waals surface area contributed by atoms with Gasteiger partial charge in [0, 0.05) is 11.9 Å². The lowest BCUT2D eigenvalue weighted by molar-refractivity contribution is 0.289. The Hall–Kier alpha value is -0.470. The van der Waals surface area contributed by atoms with Crippen LogP contribution in [0.15, 0.2) is 30.3 Å². The largest absolute Gasteiger partial charge is 0.396 e. The van der Waals surface area contributed by atoms with Crippen molar-refractivity contribution in [1.29, 1.82) is 0 Å². The Morgan fingerprint density at radius 3 is 2.62 bits per heavy atom. The molecule has 0 saturated carbocycles. The number of benzene rings is 1. The number of thioether (sulfide) groups is 1. The zero-order chi connectivity index (χ0) is 11.6. The van der Waals surface area contributed by atoms with E-state index < -0.39 is 0 Å². The van der Waals surface area contributed by atoms with E-state index in [2.05, 4.69) is 37.3 Å². The maximum atomic E-state index is 8.77. The van der Waals surface area contributed by atoms with Crippen LogP contribution in [0.5, 0.6) is 0 Å². The van der Waals surface area contributed by atoms with Gasteiger partial charge in [-0.3, -0.25) is 0 Å². The molecule has 0 fully saturated rings. The fraction of sp³-hybridized carbons (Fsp3) is 0.571. The second-order valence-electron chi connectivity index (χ2n) is 4.14. The maximum absolute atomic E-state index is 8.77. The van der Waals surface area contributed by atoms with E-state index >= 15 is 0 Å². The van der Waals surface area contributed by atoms with Crippen LogP contribution in [-0.2, 0) is 6.42 Å². The second kappa shape index (κ2) is 8.66. The molecule has 0 aromatic heterocycles. The predicted molar refractivity (Wildman–Crippen MR) is 73.0 cm³/mol. The van der Waals surface area contributed by atoms with E-state index in [1.807, 2.05) is 11.8 Å². The minimum absolute atomic E-state index is 0.318. The van der Waals surface area contributed by atoms with Crippen molar-refractivity contribution < 1.29 is 5.11 Å². The van der Waals surface area contributed by atoms with E-state index in [1.54, 1.807) is 0 Å². The van der Waals surface area contributed by atoms with Crippen LogP contribution in [0, 0.1) is 0 Å². The van der Waals surface area contributed by atoms with E-state index in [0.29, 0.717) is 11.9 Å². The molecule has 1 nitrogen and oxygen atoms in total. The van der Waals surface area contributed by atoms with Gasteiger partial charge in [-0.15, -0.1) is 0 Å². The van der Waals surface area contributed by atoms with Crippen LogP contribution >= 0.6 is 11.8 Å². The zero-order valence-electron chi connectivity index (χ0n) is 10.1. The molecule has 1 rings (SSSR count). The molecule has 0 aliphatic heterocycles. The molecular formula is C14H22OS. The summed E-state index contributed by atoms with van der Waals surface area (Å²) in [6.45, 7) is 2.51. The van der Waals surface area contributed by atoms with E-state index in [1.165, 1.54) is 30.6 Å². The Kier molecular flexibility index (Phi) is 7.35. The van der Waals surface area contributed by atoms with Crippen molar-refractivity contribution in [3.63, 3.8) is 0 Å². The Labute approximate surface area is 103 Å². The molecule has 1 unspecified atom stereocenters. The van der Waals surface area contributed by atoms with Crippen LogP contribution in [0.1, 0.15) is 31.7 Å². The van der Waals surface area contributed by atoms with Gasteiger partial charge in [-0.2, -0.15) is 11.8 Å². The fourth-order valence-electron chi connectivity index (χ4n) is 1.63. The smallest absolute Gasteiger partial charge is 0.0441 e. The fourth-order valence-corrected chi connectivity index (χ4v) is 2.67. The number of hydrogen-bond acceptors (Lipinski definition) is 2. The molecule has 0 bridgehead atoms. The number of unbranched alkanes of at least 4 members (excludes halogenated alkanes) is 1. The summed E-state index contributed by atoms with van der Waals surface area (Å²) in [6.07, 6.45) is 4.65. The van der Waals surface area contributed by atoms with Gasteiger partial charge in [-0.1, -0.05) is 37.3 Å². The molecule has 1 aromatic rings. The molecule has 0 radical (unpaired) electrons. The lowest BCUT2D eigenvalue weighted by Crippen LogP contribution is -2.00. The summed E-state index contributed by atoms with van der Waals surface area (Å²) in [5.74, 6) is 1.22. The van der Waals surface area contributed by atoms with E-state index in [-0.39, 0.29) is 0 Å². The average molecular weight is 238 g/mol. The lowest BCUT2D eigenvalue weighted by atomic mass is 10.1. The molecule has 0 aliphatic rings. The first kappa shape index (κ1) is 13.6. The van der Waals surface area contributed by atoms with Crippen LogP contribution in [0.25, 0.3) is 0 Å². The second-order valence-corrected chi connectivity index (χ2v) is 5.68. The number of aliphatic hydroxyl groups excluding tert-OH is 1. The monoisotopic (exact) mass is 238 g/mol. The third-order valence-electron chi connectivity index (χ3n) is 2.64. The van der Waals surface area contributed by atoms with Crippen molar-refractivity contribution in [3.8, 4) is 0 Å². The highest BCUT2D eigenvalue weighted by atomic mass is 32.2. The molecule has 0 aliphatic carbocycles. The number of rotatable bonds is 8. The molecule has 90 valence electrons. The Morgan fingerprint density at radius 1 is 1.19 bits per heavy atom. The van der Waals surface area contributed by atoms with Crippen molar-refractivity contribution in [2.75, 3.05) is 12.4 Å². The molecule has 0 spiro atoms. The van der Waals surface area contributed by atoms with Crippen LogP contribution in [0.2, 0.25) is 0 Å². The molecule has 0 heterocycles. The predicted octanol–water partition coefficient (Wildman–Crippen LogP) is 3.51. The Balaban J connectivity index is 2.00. The quantitative estimate of drug-likeness (QED) is 0.699. The summed E-state index contributed by atoms with van der Waals surface area (Å²) >= 11 is 1.98. The van der Waals surface area contributed by atoms with Gasteiger partial charge in [0.05, 0.1) is 0 Å². The molecule has 1 aromatic carbocycles. The Morgan fingerprint density at radius 2 is 1.94 bits per heavy atom. The molecule has 0 saturated heterocycles. The molecule has 0 amide bonds. The summed E-state index contributed by atoms with van der Waals surface area (Å²) in [6, 6.07) is 10.7. The van der Waals surface area contributed by atoms with Crippen LogP contribution < -0.4 is 0 Å². The van der Waals surface area contributed by atoms with Gasteiger partial charge in [0.25, 0.3) is 0 Å². The highest BCUT2D eigenvalue weighted by Crippen LogP contribution is 2.16. The van der Waals surface area contributed by atoms with Gasteiger partial charge >= 0.3 is 0 Å². The van der Waals surface area contributed by atoms with Gasteiger partial charge in [0.2, 0.25) is 0 Å². The first-order chi connectivity index (χ1) is 7.83. The highest BCUT2D eigenvalue weighted by Gasteiger charge is 2.00.